The van der Waals surface area contributed by atoms with Gasteiger partial charge in [-0.2, -0.15) is 5.10 Å². The monoisotopic (exact) mass is 389 g/mol. The average molecular weight is 390 g/mol. The Morgan fingerprint density at radius 1 is 1.07 bits per heavy atom. The maximum atomic E-state index is 13.2. The fraction of sp³-hybridized carbons (Fsp3) is 0.571. The number of hydrogen-bond donors (Lipinski definition) is 1. The van der Waals surface area contributed by atoms with Crippen molar-refractivity contribution in [3.05, 3.63) is 47.8 Å². The lowest BCUT2D eigenvalue weighted by Gasteiger charge is -2.20. The van der Waals surface area contributed by atoms with Crippen molar-refractivity contribution in [1.82, 2.24) is 14.5 Å². The SMILES string of the molecule is CC(C)(C)c1nn(Cc2ccccc2)cc1S(=O)(=O)NC1CCCCCC1. The van der Waals surface area contributed by atoms with Crippen LogP contribution in [0.2, 0.25) is 0 Å². The molecular weight excluding hydrogens is 358 g/mol. The Labute approximate surface area is 163 Å². The maximum Gasteiger partial charge on any atom is 0.244 e. The van der Waals surface area contributed by atoms with Crippen LogP contribution < -0.4 is 4.72 Å². The van der Waals surface area contributed by atoms with E-state index >= 15 is 0 Å². The van der Waals surface area contributed by atoms with Crippen molar-refractivity contribution >= 4 is 10.0 Å². The first-order valence-corrected chi connectivity index (χ1v) is 11.4. The second-order valence-electron chi connectivity index (χ2n) is 8.58. The number of rotatable bonds is 5. The Balaban J connectivity index is 1.90. The summed E-state index contributed by atoms with van der Waals surface area (Å²) in [7, 11) is -3.59. The Bertz CT molecular complexity index is 843. The molecule has 1 aromatic heterocycles. The van der Waals surface area contributed by atoms with Crippen LogP contribution in [0.4, 0.5) is 0 Å². The minimum Gasteiger partial charge on any atom is -0.267 e. The minimum atomic E-state index is -3.59. The third kappa shape index (κ3) is 5.20. The molecule has 0 saturated heterocycles. The smallest absolute Gasteiger partial charge is 0.244 e. The summed E-state index contributed by atoms with van der Waals surface area (Å²) in [5, 5.41) is 4.65. The van der Waals surface area contributed by atoms with Crippen LogP contribution in [-0.2, 0) is 22.0 Å². The number of benzene rings is 1. The molecule has 0 radical (unpaired) electrons. The van der Waals surface area contributed by atoms with Crippen LogP contribution in [-0.4, -0.2) is 24.2 Å². The average Bonchev–Trinajstić information content (AvgIpc) is 2.88. The predicted octanol–water partition coefficient (Wildman–Crippen LogP) is 4.23. The Hall–Kier alpha value is -1.66. The van der Waals surface area contributed by atoms with Gasteiger partial charge in [-0.25, -0.2) is 13.1 Å². The second-order valence-corrected chi connectivity index (χ2v) is 10.3. The third-order valence-electron chi connectivity index (χ3n) is 5.09. The molecule has 6 heteroatoms. The van der Waals surface area contributed by atoms with Crippen LogP contribution in [0.3, 0.4) is 0 Å². The van der Waals surface area contributed by atoms with E-state index in [1.54, 1.807) is 10.9 Å². The van der Waals surface area contributed by atoms with E-state index in [2.05, 4.69) is 9.82 Å². The van der Waals surface area contributed by atoms with Gasteiger partial charge in [0.2, 0.25) is 10.0 Å². The normalized spacial score (nSPS) is 17.0. The molecule has 5 nitrogen and oxygen atoms in total. The first-order valence-electron chi connectivity index (χ1n) is 9.90. The Morgan fingerprint density at radius 3 is 2.30 bits per heavy atom. The molecule has 0 bridgehead atoms. The van der Waals surface area contributed by atoms with Crippen molar-refractivity contribution in [2.75, 3.05) is 0 Å². The lowest BCUT2D eigenvalue weighted by atomic mass is 9.92. The van der Waals surface area contributed by atoms with E-state index < -0.39 is 10.0 Å². The summed E-state index contributed by atoms with van der Waals surface area (Å²) < 4.78 is 31.1. The summed E-state index contributed by atoms with van der Waals surface area (Å²) in [6, 6.07) is 10.0. The Morgan fingerprint density at radius 2 is 1.70 bits per heavy atom. The molecule has 1 heterocycles. The highest BCUT2D eigenvalue weighted by molar-refractivity contribution is 7.89. The van der Waals surface area contributed by atoms with Gasteiger partial charge < -0.3 is 0 Å². The highest BCUT2D eigenvalue weighted by Crippen LogP contribution is 2.29. The van der Waals surface area contributed by atoms with Crippen molar-refractivity contribution in [3.8, 4) is 0 Å². The second kappa shape index (κ2) is 8.15. The molecule has 1 N–H and O–H groups in total. The van der Waals surface area contributed by atoms with Gasteiger partial charge in [0, 0.05) is 17.7 Å². The first-order chi connectivity index (χ1) is 12.8. The molecule has 2 aromatic rings. The number of nitrogens with one attached hydrogen (secondary N) is 1. The van der Waals surface area contributed by atoms with E-state index in [4.69, 9.17) is 0 Å². The molecule has 1 saturated carbocycles. The molecule has 148 valence electrons. The number of aromatic nitrogens is 2. The zero-order valence-electron chi connectivity index (χ0n) is 16.6. The van der Waals surface area contributed by atoms with Crippen LogP contribution >= 0.6 is 0 Å². The van der Waals surface area contributed by atoms with Gasteiger partial charge in [-0.1, -0.05) is 76.8 Å². The molecule has 27 heavy (non-hydrogen) atoms. The van der Waals surface area contributed by atoms with Gasteiger partial charge in [0.1, 0.15) is 4.90 Å². The van der Waals surface area contributed by atoms with Crippen LogP contribution in [0, 0.1) is 0 Å². The number of hydrogen-bond acceptors (Lipinski definition) is 3. The number of nitrogens with zero attached hydrogens (tertiary/aromatic N) is 2. The van der Waals surface area contributed by atoms with E-state index in [-0.39, 0.29) is 11.5 Å². The summed E-state index contributed by atoms with van der Waals surface area (Å²) in [6.07, 6.45) is 8.09. The van der Waals surface area contributed by atoms with Gasteiger partial charge in [0.15, 0.2) is 0 Å². The van der Waals surface area contributed by atoms with E-state index in [9.17, 15) is 8.42 Å². The Kier molecular flexibility index (Phi) is 6.06. The zero-order valence-corrected chi connectivity index (χ0v) is 17.4. The zero-order chi connectivity index (χ0) is 19.5. The van der Waals surface area contributed by atoms with E-state index in [0.717, 1.165) is 31.2 Å². The van der Waals surface area contributed by atoms with Crippen LogP contribution in [0.5, 0.6) is 0 Å². The summed E-state index contributed by atoms with van der Waals surface area (Å²) in [5.41, 5.74) is 1.37. The molecular formula is C21H31N3O2S. The predicted molar refractivity (Wildman–Crippen MR) is 108 cm³/mol. The summed E-state index contributed by atoms with van der Waals surface area (Å²) in [6.45, 7) is 6.58. The largest absolute Gasteiger partial charge is 0.267 e. The van der Waals surface area contributed by atoms with E-state index in [0.29, 0.717) is 17.1 Å². The highest BCUT2D eigenvalue weighted by atomic mass is 32.2. The minimum absolute atomic E-state index is 0.0304. The van der Waals surface area contributed by atoms with Gasteiger partial charge in [0.05, 0.1) is 12.2 Å². The first kappa shape index (κ1) is 20.1. The summed E-state index contributed by atoms with van der Waals surface area (Å²) in [4.78, 5) is 0.315. The topological polar surface area (TPSA) is 64.0 Å². The van der Waals surface area contributed by atoms with E-state index in [1.807, 2.05) is 51.1 Å². The van der Waals surface area contributed by atoms with Crippen LogP contribution in [0.25, 0.3) is 0 Å². The van der Waals surface area contributed by atoms with E-state index in [1.165, 1.54) is 12.8 Å². The van der Waals surface area contributed by atoms with Crippen molar-refractivity contribution in [3.63, 3.8) is 0 Å². The molecule has 0 amide bonds. The van der Waals surface area contributed by atoms with Crippen molar-refractivity contribution in [1.29, 1.82) is 0 Å². The van der Waals surface area contributed by atoms with Gasteiger partial charge in [-0.15, -0.1) is 0 Å². The lowest BCUT2D eigenvalue weighted by molar-refractivity contribution is 0.503. The highest BCUT2D eigenvalue weighted by Gasteiger charge is 2.31. The van der Waals surface area contributed by atoms with Gasteiger partial charge in [0.25, 0.3) is 0 Å². The summed E-state index contributed by atoms with van der Waals surface area (Å²) >= 11 is 0. The molecule has 0 aliphatic heterocycles. The van der Waals surface area contributed by atoms with Gasteiger partial charge >= 0.3 is 0 Å². The molecule has 1 aliphatic carbocycles. The lowest BCUT2D eigenvalue weighted by Crippen LogP contribution is -2.35. The summed E-state index contributed by atoms with van der Waals surface area (Å²) in [5.74, 6) is 0. The molecule has 1 aromatic carbocycles. The standard InChI is InChI=1S/C21H31N3O2S/c1-21(2,3)20-19(16-24(22-20)15-17-11-7-6-8-12-17)27(25,26)23-18-13-9-4-5-10-14-18/h6-8,11-12,16,18,23H,4-5,9-10,13-15H2,1-3H3. The molecule has 0 spiro atoms. The van der Waals surface area contributed by atoms with Crippen molar-refractivity contribution < 1.29 is 8.42 Å². The van der Waals surface area contributed by atoms with Crippen molar-refractivity contribution in [2.24, 2.45) is 0 Å². The fourth-order valence-electron chi connectivity index (χ4n) is 3.65. The fourth-order valence-corrected chi connectivity index (χ4v) is 5.31. The van der Waals surface area contributed by atoms with Gasteiger partial charge in [-0.3, -0.25) is 4.68 Å². The third-order valence-corrected chi connectivity index (χ3v) is 6.61. The van der Waals surface area contributed by atoms with Gasteiger partial charge in [-0.05, 0) is 18.4 Å². The molecule has 0 unspecified atom stereocenters. The molecule has 1 aliphatic rings. The van der Waals surface area contributed by atoms with Crippen LogP contribution in [0.1, 0.15) is 70.6 Å². The van der Waals surface area contributed by atoms with Crippen LogP contribution in [0.15, 0.2) is 41.4 Å². The number of sulfonamides is 1. The molecule has 1 fully saturated rings. The molecule has 3 rings (SSSR count). The maximum absolute atomic E-state index is 13.2. The quantitative estimate of drug-likeness (QED) is 0.778. The molecule has 0 atom stereocenters. The van der Waals surface area contributed by atoms with Crippen molar-refractivity contribution in [2.45, 2.75) is 82.2 Å².